The van der Waals surface area contributed by atoms with Crippen LogP contribution in [0.4, 0.5) is 4.79 Å². The van der Waals surface area contributed by atoms with Gasteiger partial charge in [-0.15, -0.1) is 0 Å². The zero-order valence-corrected chi connectivity index (χ0v) is 25.4. The van der Waals surface area contributed by atoms with E-state index in [9.17, 15) is 33.9 Å². The highest BCUT2D eigenvalue weighted by atomic mass is 16.6. The van der Waals surface area contributed by atoms with Gasteiger partial charge in [-0.1, -0.05) is 27.7 Å². The molecule has 0 spiro atoms. The van der Waals surface area contributed by atoms with Crippen LogP contribution in [0, 0.1) is 11.8 Å². The number of nitrogens with one attached hydrogen (secondary N) is 4. The van der Waals surface area contributed by atoms with Crippen molar-refractivity contribution in [1.29, 1.82) is 0 Å². The number of ether oxygens (including phenoxy) is 2. The smallest absolute Gasteiger partial charge is 0.408 e. The van der Waals surface area contributed by atoms with Gasteiger partial charge in [0.25, 0.3) is 0 Å². The molecule has 0 unspecified atom stereocenters. The van der Waals surface area contributed by atoms with Gasteiger partial charge in [0.1, 0.15) is 30.0 Å². The Morgan fingerprint density at radius 2 is 1.07 bits per heavy atom. The van der Waals surface area contributed by atoms with Gasteiger partial charge in [0.15, 0.2) is 0 Å². The number of carboxylic acid groups (broad SMARTS) is 2. The molecule has 0 saturated heterocycles. The molecule has 4 atom stereocenters. The Morgan fingerprint density at radius 3 is 1.44 bits per heavy atom. The van der Waals surface area contributed by atoms with Gasteiger partial charge in [0, 0.05) is 20.0 Å². The molecule has 14 nitrogen and oxygen atoms in total. The van der Waals surface area contributed by atoms with E-state index in [1.54, 1.807) is 20.8 Å². The minimum absolute atomic E-state index is 0.0457. The van der Waals surface area contributed by atoms with Crippen LogP contribution in [0.5, 0.6) is 0 Å². The number of carbonyl (C=O) groups is 6. The molecule has 0 radical (unpaired) electrons. The summed E-state index contributed by atoms with van der Waals surface area (Å²) in [5, 5.41) is 28.4. The first-order chi connectivity index (χ1) is 18.8. The Labute approximate surface area is 241 Å². The van der Waals surface area contributed by atoms with Gasteiger partial charge >= 0.3 is 18.0 Å². The van der Waals surface area contributed by atoms with Gasteiger partial charge in [0.2, 0.25) is 17.7 Å². The van der Waals surface area contributed by atoms with Crippen molar-refractivity contribution >= 4 is 35.8 Å². The predicted molar refractivity (Wildman–Crippen MR) is 149 cm³/mol. The maximum atomic E-state index is 13.2. The zero-order valence-electron chi connectivity index (χ0n) is 25.4. The number of amides is 4. The largest absolute Gasteiger partial charge is 0.481 e. The van der Waals surface area contributed by atoms with Gasteiger partial charge < -0.3 is 41.0 Å². The monoisotopic (exact) mass is 588 g/mol. The highest BCUT2D eigenvalue weighted by Gasteiger charge is 2.32. The summed E-state index contributed by atoms with van der Waals surface area (Å²) in [5.41, 5.74) is -0.824. The fourth-order valence-electron chi connectivity index (χ4n) is 3.67. The number of carbonyl (C=O) groups excluding carboxylic acids is 4. The van der Waals surface area contributed by atoms with E-state index in [4.69, 9.17) is 14.6 Å². The molecule has 0 saturated carbocycles. The molecule has 0 aliphatic carbocycles. The summed E-state index contributed by atoms with van der Waals surface area (Å²) in [7, 11) is 1.40. The van der Waals surface area contributed by atoms with Crippen molar-refractivity contribution in [2.45, 2.75) is 117 Å². The van der Waals surface area contributed by atoms with E-state index < -0.39 is 78.5 Å². The SMILES string of the molecule is CO[C@H](CC(C)C)NC(=O)[C@H](CCC(=O)O)NC(=O)[C@H](CCC(=O)O)NC(=O)[C@H](CC(C)C)NC(=O)OC(C)(C)C. The average molecular weight is 589 g/mol. The minimum Gasteiger partial charge on any atom is -0.481 e. The molecule has 4 amide bonds. The molecule has 0 heterocycles. The van der Waals surface area contributed by atoms with Crippen LogP contribution in [0.25, 0.3) is 0 Å². The summed E-state index contributed by atoms with van der Waals surface area (Å²) in [5.74, 6) is -4.63. The van der Waals surface area contributed by atoms with Crippen LogP contribution in [0.3, 0.4) is 0 Å². The fourth-order valence-corrected chi connectivity index (χ4v) is 3.67. The number of hydrogen-bond donors (Lipinski definition) is 6. The Morgan fingerprint density at radius 1 is 0.659 bits per heavy atom. The van der Waals surface area contributed by atoms with Crippen molar-refractivity contribution in [1.82, 2.24) is 21.3 Å². The summed E-state index contributed by atoms with van der Waals surface area (Å²) in [6.45, 7) is 12.5. The summed E-state index contributed by atoms with van der Waals surface area (Å²) in [4.78, 5) is 74.2. The van der Waals surface area contributed by atoms with Crippen LogP contribution in [-0.4, -0.2) is 83.0 Å². The van der Waals surface area contributed by atoms with Crippen molar-refractivity contribution in [3.8, 4) is 0 Å². The number of alkyl carbamates (subject to hydrolysis) is 1. The van der Waals surface area contributed by atoms with E-state index in [1.165, 1.54) is 7.11 Å². The minimum atomic E-state index is -1.40. The van der Waals surface area contributed by atoms with Crippen LogP contribution in [0.2, 0.25) is 0 Å². The molecule has 0 aliphatic heterocycles. The number of rotatable bonds is 18. The predicted octanol–water partition coefficient (Wildman–Crippen LogP) is 1.76. The topological polar surface area (TPSA) is 209 Å². The van der Waals surface area contributed by atoms with Crippen LogP contribution in [0.1, 0.15) is 87.0 Å². The lowest BCUT2D eigenvalue weighted by Gasteiger charge is -2.27. The highest BCUT2D eigenvalue weighted by Crippen LogP contribution is 2.11. The third-order valence-electron chi connectivity index (χ3n) is 5.55. The Hall–Kier alpha value is -3.42. The molecule has 0 bridgehead atoms. The third-order valence-corrected chi connectivity index (χ3v) is 5.55. The maximum absolute atomic E-state index is 13.2. The Kier molecular flexibility index (Phi) is 16.6. The second-order valence-electron chi connectivity index (χ2n) is 11.7. The number of aliphatic carboxylic acids is 2. The van der Waals surface area contributed by atoms with E-state index >= 15 is 0 Å². The summed E-state index contributed by atoms with van der Waals surface area (Å²) < 4.78 is 10.5. The first-order valence-electron chi connectivity index (χ1n) is 13.7. The number of hydrogen-bond acceptors (Lipinski definition) is 8. The second kappa shape index (κ2) is 18.1. The molecule has 14 heteroatoms. The van der Waals surface area contributed by atoms with E-state index in [-0.39, 0.29) is 31.1 Å². The molecule has 0 fully saturated rings. The molecule has 0 aromatic rings. The molecule has 236 valence electrons. The summed E-state index contributed by atoms with van der Waals surface area (Å²) in [6, 6.07) is -3.81. The lowest BCUT2D eigenvalue weighted by atomic mass is 10.0. The highest BCUT2D eigenvalue weighted by molar-refractivity contribution is 5.94. The normalized spacial score (nSPS) is 14.4. The van der Waals surface area contributed by atoms with Crippen molar-refractivity contribution in [3.63, 3.8) is 0 Å². The molecule has 0 aromatic heterocycles. The quantitative estimate of drug-likeness (QED) is 0.128. The molecule has 41 heavy (non-hydrogen) atoms. The van der Waals surface area contributed by atoms with Gasteiger partial charge in [-0.2, -0.15) is 0 Å². The van der Waals surface area contributed by atoms with Crippen LogP contribution in [0.15, 0.2) is 0 Å². The lowest BCUT2D eigenvalue weighted by Crippen LogP contribution is -2.57. The van der Waals surface area contributed by atoms with Crippen LogP contribution >= 0.6 is 0 Å². The molecular formula is C27H48N4O10. The first-order valence-corrected chi connectivity index (χ1v) is 13.7. The lowest BCUT2D eigenvalue weighted by molar-refractivity contribution is -0.140. The van der Waals surface area contributed by atoms with Crippen molar-refractivity contribution in [3.05, 3.63) is 0 Å². The van der Waals surface area contributed by atoms with Gasteiger partial charge in [-0.05, 0) is 58.3 Å². The Bertz CT molecular complexity index is 901. The average Bonchev–Trinajstić information content (AvgIpc) is 2.80. The van der Waals surface area contributed by atoms with Gasteiger partial charge in [-0.3, -0.25) is 24.0 Å². The molecular weight excluding hydrogens is 540 g/mol. The molecule has 0 aliphatic rings. The van der Waals surface area contributed by atoms with E-state index in [1.807, 2.05) is 27.7 Å². The maximum Gasteiger partial charge on any atom is 0.408 e. The van der Waals surface area contributed by atoms with Gasteiger partial charge in [0.05, 0.1) is 0 Å². The molecule has 0 aromatic carbocycles. The van der Waals surface area contributed by atoms with Gasteiger partial charge in [-0.25, -0.2) is 4.79 Å². The second-order valence-corrected chi connectivity index (χ2v) is 11.7. The number of carboxylic acids is 2. The van der Waals surface area contributed by atoms with Crippen LogP contribution in [-0.2, 0) is 33.4 Å². The zero-order chi connectivity index (χ0) is 31.9. The standard InChI is InChI=1S/C27H48N4O10/c1-15(2)13-19(30-26(39)41-27(5,6)7)25(38)29-17(9-11-21(32)33)23(36)28-18(10-12-22(34)35)24(37)31-20(40-8)14-16(3)4/h15-20H,9-14H2,1-8H3,(H,28,36)(H,29,38)(H,30,39)(H,31,37)(H,32,33)(H,34,35)/t17-,18-,19-,20+/m0/s1. The van der Waals surface area contributed by atoms with Crippen LogP contribution < -0.4 is 21.3 Å². The fraction of sp³-hybridized carbons (Fsp3) is 0.778. The first kappa shape index (κ1) is 37.6. The van der Waals surface area contributed by atoms with Crippen molar-refractivity contribution in [2.75, 3.05) is 7.11 Å². The summed E-state index contributed by atoms with van der Waals surface area (Å²) >= 11 is 0. The molecule has 0 rings (SSSR count). The third kappa shape index (κ3) is 17.8. The van der Waals surface area contributed by atoms with E-state index in [0.29, 0.717) is 6.42 Å². The van der Waals surface area contributed by atoms with Crippen molar-refractivity contribution in [2.24, 2.45) is 11.8 Å². The van der Waals surface area contributed by atoms with Crippen molar-refractivity contribution < 1.29 is 48.5 Å². The van der Waals surface area contributed by atoms with E-state index in [2.05, 4.69) is 21.3 Å². The number of methoxy groups -OCH3 is 1. The van der Waals surface area contributed by atoms with E-state index in [0.717, 1.165) is 0 Å². The molecule has 6 N–H and O–H groups in total. The summed E-state index contributed by atoms with van der Waals surface area (Å²) in [6.07, 6.45) is -2.40. The Balaban J connectivity index is 5.89.